The molecule has 100 valence electrons. The Morgan fingerprint density at radius 3 is 2.33 bits per heavy atom. The lowest BCUT2D eigenvalue weighted by Crippen LogP contribution is -2.39. The van der Waals surface area contributed by atoms with Crippen LogP contribution >= 0.6 is 11.6 Å². The van der Waals surface area contributed by atoms with Crippen molar-refractivity contribution in [2.24, 2.45) is 11.8 Å². The first-order valence-electron chi connectivity index (χ1n) is 6.31. The van der Waals surface area contributed by atoms with E-state index in [9.17, 15) is 8.78 Å². The highest BCUT2D eigenvalue weighted by Gasteiger charge is 2.26. The maximum atomic E-state index is 14.0. The van der Waals surface area contributed by atoms with Crippen LogP contribution in [0.25, 0.3) is 0 Å². The number of nitrogens with zero attached hydrogens (tertiary/aromatic N) is 1. The topological polar surface area (TPSA) is 3.24 Å². The minimum Gasteiger partial charge on any atom is -0.367 e. The van der Waals surface area contributed by atoms with E-state index in [0.29, 0.717) is 30.5 Å². The number of piperidine rings is 1. The first-order valence-corrected chi connectivity index (χ1v) is 6.85. The van der Waals surface area contributed by atoms with Crippen LogP contribution in [0.3, 0.4) is 0 Å². The Morgan fingerprint density at radius 1 is 1.22 bits per heavy atom. The average molecular weight is 274 g/mol. The monoisotopic (exact) mass is 273 g/mol. The summed E-state index contributed by atoms with van der Waals surface area (Å²) in [5.41, 5.74) is 0.580. The van der Waals surface area contributed by atoms with Crippen molar-refractivity contribution < 1.29 is 8.78 Å². The summed E-state index contributed by atoms with van der Waals surface area (Å²) in [7, 11) is 0. The van der Waals surface area contributed by atoms with Gasteiger partial charge in [0.1, 0.15) is 17.3 Å². The third-order valence-corrected chi connectivity index (χ3v) is 4.19. The van der Waals surface area contributed by atoms with Gasteiger partial charge in [-0.15, -0.1) is 11.6 Å². The summed E-state index contributed by atoms with van der Waals surface area (Å²) in [5, 5.41) is 0. The fourth-order valence-corrected chi connectivity index (χ4v) is 2.62. The van der Waals surface area contributed by atoms with Gasteiger partial charge < -0.3 is 4.90 Å². The number of hydrogen-bond donors (Lipinski definition) is 0. The van der Waals surface area contributed by atoms with Gasteiger partial charge in [-0.05, 0) is 36.0 Å². The minimum atomic E-state index is -0.507. The van der Waals surface area contributed by atoms with Gasteiger partial charge in [0.05, 0.1) is 0 Å². The van der Waals surface area contributed by atoms with Gasteiger partial charge >= 0.3 is 0 Å². The molecule has 2 atom stereocenters. The molecule has 0 amide bonds. The smallest absolute Gasteiger partial charge is 0.149 e. The molecule has 1 aliphatic rings. The Morgan fingerprint density at radius 2 is 1.83 bits per heavy atom. The van der Waals surface area contributed by atoms with Gasteiger partial charge in [0.2, 0.25) is 0 Å². The maximum absolute atomic E-state index is 14.0. The Bertz CT molecular complexity index is 413. The third kappa shape index (κ3) is 2.61. The van der Waals surface area contributed by atoms with Crippen molar-refractivity contribution in [2.45, 2.75) is 26.1 Å². The molecule has 0 aromatic heterocycles. The summed E-state index contributed by atoms with van der Waals surface area (Å²) in [6.45, 7) is 5.72. The van der Waals surface area contributed by atoms with Crippen LogP contribution < -0.4 is 4.90 Å². The molecule has 0 radical (unpaired) electrons. The number of hydrogen-bond acceptors (Lipinski definition) is 1. The Kier molecular flexibility index (Phi) is 4.10. The van der Waals surface area contributed by atoms with Crippen LogP contribution in [0.1, 0.15) is 25.8 Å². The van der Waals surface area contributed by atoms with E-state index in [0.717, 1.165) is 6.42 Å². The quantitative estimate of drug-likeness (QED) is 0.731. The number of rotatable bonds is 2. The molecule has 0 spiro atoms. The molecular formula is C14H18ClF2N. The molecule has 1 aromatic carbocycles. The first kappa shape index (κ1) is 13.6. The lowest BCUT2D eigenvalue weighted by Gasteiger charge is -2.37. The van der Waals surface area contributed by atoms with Crippen LogP contribution in [0, 0.1) is 23.5 Å². The normalized spacial score (nSPS) is 24.4. The van der Waals surface area contributed by atoms with E-state index in [1.807, 2.05) is 4.90 Å². The second-order valence-electron chi connectivity index (χ2n) is 5.23. The van der Waals surface area contributed by atoms with Crippen LogP contribution in [0.15, 0.2) is 12.1 Å². The number of halogens is 3. The predicted octanol–water partition coefficient (Wildman–Crippen LogP) is 4.19. The molecule has 1 nitrogen and oxygen atoms in total. The summed E-state index contributed by atoms with van der Waals surface area (Å²) in [5.74, 6) is 0.168. The van der Waals surface area contributed by atoms with Gasteiger partial charge in [-0.3, -0.25) is 0 Å². The van der Waals surface area contributed by atoms with Crippen molar-refractivity contribution >= 4 is 17.3 Å². The highest BCUT2D eigenvalue weighted by Crippen LogP contribution is 2.31. The molecule has 18 heavy (non-hydrogen) atoms. The van der Waals surface area contributed by atoms with Gasteiger partial charge in [-0.1, -0.05) is 13.8 Å². The molecule has 2 rings (SSSR count). The van der Waals surface area contributed by atoms with Gasteiger partial charge in [0.15, 0.2) is 0 Å². The van der Waals surface area contributed by atoms with E-state index in [1.54, 1.807) is 0 Å². The molecule has 1 aromatic rings. The fraction of sp³-hybridized carbons (Fsp3) is 0.571. The minimum absolute atomic E-state index is 0.0996. The van der Waals surface area contributed by atoms with E-state index < -0.39 is 11.6 Å². The molecule has 4 heteroatoms. The second-order valence-corrected chi connectivity index (χ2v) is 5.50. The molecule has 0 saturated carbocycles. The molecule has 2 unspecified atom stereocenters. The SMILES string of the molecule is CC1CCN(c2c(F)cc(CCl)cc2F)CC1C. The fourth-order valence-electron chi connectivity index (χ4n) is 2.46. The summed E-state index contributed by atoms with van der Waals surface area (Å²) in [6.07, 6.45) is 0.970. The van der Waals surface area contributed by atoms with Crippen molar-refractivity contribution in [3.05, 3.63) is 29.3 Å². The molecule has 0 aliphatic carbocycles. The largest absolute Gasteiger partial charge is 0.367 e. The number of alkyl halides is 1. The molecule has 0 bridgehead atoms. The van der Waals surface area contributed by atoms with Crippen LogP contribution in [0.4, 0.5) is 14.5 Å². The zero-order chi connectivity index (χ0) is 13.3. The van der Waals surface area contributed by atoms with E-state index in [1.165, 1.54) is 12.1 Å². The summed E-state index contributed by atoms with van der Waals surface area (Å²) in [4.78, 5) is 1.81. The second kappa shape index (κ2) is 5.43. The molecule has 1 aliphatic heterocycles. The summed E-state index contributed by atoms with van der Waals surface area (Å²) < 4.78 is 27.9. The predicted molar refractivity (Wildman–Crippen MR) is 71.1 cm³/mol. The summed E-state index contributed by atoms with van der Waals surface area (Å²) >= 11 is 5.60. The average Bonchev–Trinajstić information content (AvgIpc) is 2.32. The standard InChI is InChI=1S/C14H18ClF2N/c1-9-3-4-18(8-10(9)2)14-12(16)5-11(7-15)6-13(14)17/h5-6,9-10H,3-4,7-8H2,1-2H3. The maximum Gasteiger partial charge on any atom is 0.149 e. The zero-order valence-corrected chi connectivity index (χ0v) is 11.5. The highest BCUT2D eigenvalue weighted by atomic mass is 35.5. The lowest BCUT2D eigenvalue weighted by molar-refractivity contribution is 0.320. The van der Waals surface area contributed by atoms with E-state index >= 15 is 0 Å². The van der Waals surface area contributed by atoms with Crippen molar-refractivity contribution in [1.82, 2.24) is 0 Å². The Hall–Kier alpha value is -0.830. The van der Waals surface area contributed by atoms with Gasteiger partial charge in [0, 0.05) is 19.0 Å². The Labute approximate surface area is 112 Å². The highest BCUT2D eigenvalue weighted by molar-refractivity contribution is 6.17. The van der Waals surface area contributed by atoms with Crippen molar-refractivity contribution in [3.63, 3.8) is 0 Å². The third-order valence-electron chi connectivity index (χ3n) is 3.88. The van der Waals surface area contributed by atoms with Crippen molar-refractivity contribution in [1.29, 1.82) is 0 Å². The molecule has 1 fully saturated rings. The van der Waals surface area contributed by atoms with Crippen LogP contribution in [-0.2, 0) is 5.88 Å². The van der Waals surface area contributed by atoms with E-state index in [2.05, 4.69) is 13.8 Å². The molecule has 1 saturated heterocycles. The van der Waals surface area contributed by atoms with E-state index in [4.69, 9.17) is 11.6 Å². The number of anilines is 1. The summed E-state index contributed by atoms with van der Waals surface area (Å²) in [6, 6.07) is 2.65. The number of benzene rings is 1. The van der Waals surface area contributed by atoms with Gasteiger partial charge in [0.25, 0.3) is 0 Å². The molecule has 0 N–H and O–H groups in total. The van der Waals surface area contributed by atoms with Crippen LogP contribution in [-0.4, -0.2) is 13.1 Å². The lowest BCUT2D eigenvalue weighted by atomic mass is 9.88. The Balaban J connectivity index is 2.28. The zero-order valence-electron chi connectivity index (χ0n) is 10.7. The van der Waals surface area contributed by atoms with Gasteiger partial charge in [-0.25, -0.2) is 8.78 Å². The van der Waals surface area contributed by atoms with Crippen molar-refractivity contribution in [3.8, 4) is 0 Å². The first-order chi connectivity index (χ1) is 8.52. The van der Waals surface area contributed by atoms with Crippen molar-refractivity contribution in [2.75, 3.05) is 18.0 Å². The molecular weight excluding hydrogens is 256 g/mol. The van der Waals surface area contributed by atoms with Gasteiger partial charge in [-0.2, -0.15) is 0 Å². The van der Waals surface area contributed by atoms with Crippen LogP contribution in [0.5, 0.6) is 0 Å². The van der Waals surface area contributed by atoms with Crippen LogP contribution in [0.2, 0.25) is 0 Å². The molecule has 1 heterocycles. The van der Waals surface area contributed by atoms with E-state index in [-0.39, 0.29) is 11.6 Å².